The first-order chi connectivity index (χ1) is 13.2. The van der Waals surface area contributed by atoms with Crippen LogP contribution in [0.2, 0.25) is 5.02 Å². The van der Waals surface area contributed by atoms with E-state index in [-0.39, 0.29) is 0 Å². The average molecular weight is 381 g/mol. The van der Waals surface area contributed by atoms with E-state index in [2.05, 4.69) is 47.2 Å². The van der Waals surface area contributed by atoms with Crippen molar-refractivity contribution in [1.82, 2.24) is 9.97 Å². The van der Waals surface area contributed by atoms with Gasteiger partial charge in [-0.3, -0.25) is 0 Å². The van der Waals surface area contributed by atoms with E-state index in [4.69, 9.17) is 11.6 Å². The Bertz CT molecular complexity index is 820. The van der Waals surface area contributed by atoms with E-state index in [0.29, 0.717) is 0 Å². The summed E-state index contributed by atoms with van der Waals surface area (Å²) in [5, 5.41) is 0.764. The van der Waals surface area contributed by atoms with Crippen LogP contribution in [0.1, 0.15) is 62.4 Å². The number of imidazole rings is 1. The summed E-state index contributed by atoms with van der Waals surface area (Å²) in [7, 11) is 0. The molecule has 142 valence electrons. The Morgan fingerprint density at radius 1 is 0.889 bits per heavy atom. The summed E-state index contributed by atoms with van der Waals surface area (Å²) in [5.74, 6) is 0.962. The van der Waals surface area contributed by atoms with Crippen LogP contribution in [-0.2, 0) is 12.8 Å². The SMILES string of the molecule is CCCCCCCCc1ccc(-c2cnc(Cc3cccc(Cl)c3)[nH]2)cc1. The van der Waals surface area contributed by atoms with Crippen LogP contribution >= 0.6 is 11.6 Å². The Kier molecular flexibility index (Phi) is 7.53. The van der Waals surface area contributed by atoms with Crippen molar-refractivity contribution in [3.63, 3.8) is 0 Å². The molecule has 2 aromatic carbocycles. The maximum Gasteiger partial charge on any atom is 0.110 e. The molecule has 0 atom stereocenters. The van der Waals surface area contributed by atoms with Gasteiger partial charge in [0, 0.05) is 11.4 Å². The van der Waals surface area contributed by atoms with Gasteiger partial charge in [0.2, 0.25) is 0 Å². The van der Waals surface area contributed by atoms with Gasteiger partial charge in [0.05, 0.1) is 11.9 Å². The van der Waals surface area contributed by atoms with E-state index in [9.17, 15) is 0 Å². The van der Waals surface area contributed by atoms with Gasteiger partial charge < -0.3 is 4.98 Å². The van der Waals surface area contributed by atoms with Gasteiger partial charge in [-0.1, -0.05) is 87.0 Å². The van der Waals surface area contributed by atoms with Crippen LogP contribution in [0.15, 0.2) is 54.7 Å². The van der Waals surface area contributed by atoms with E-state index in [1.165, 1.54) is 56.1 Å². The van der Waals surface area contributed by atoms with Crippen molar-refractivity contribution < 1.29 is 0 Å². The number of nitrogens with zero attached hydrogens (tertiary/aromatic N) is 1. The van der Waals surface area contributed by atoms with E-state index < -0.39 is 0 Å². The molecular formula is C24H29ClN2. The third-order valence-corrected chi connectivity index (χ3v) is 5.21. The normalized spacial score (nSPS) is 11.0. The summed E-state index contributed by atoms with van der Waals surface area (Å²) in [4.78, 5) is 7.96. The van der Waals surface area contributed by atoms with Crippen LogP contribution in [0.4, 0.5) is 0 Å². The summed E-state index contributed by atoms with van der Waals surface area (Å²) in [6.45, 7) is 2.27. The smallest absolute Gasteiger partial charge is 0.110 e. The minimum absolute atomic E-state index is 0.761. The highest BCUT2D eigenvalue weighted by Gasteiger charge is 2.05. The van der Waals surface area contributed by atoms with Crippen LogP contribution in [-0.4, -0.2) is 9.97 Å². The number of nitrogens with one attached hydrogen (secondary N) is 1. The zero-order valence-corrected chi connectivity index (χ0v) is 16.9. The highest BCUT2D eigenvalue weighted by Crippen LogP contribution is 2.20. The number of aromatic nitrogens is 2. The molecule has 0 radical (unpaired) electrons. The fourth-order valence-electron chi connectivity index (χ4n) is 3.40. The molecule has 0 bridgehead atoms. The number of hydrogen-bond donors (Lipinski definition) is 1. The lowest BCUT2D eigenvalue weighted by atomic mass is 10.0. The monoisotopic (exact) mass is 380 g/mol. The van der Waals surface area contributed by atoms with Crippen molar-refractivity contribution in [2.75, 3.05) is 0 Å². The molecule has 27 heavy (non-hydrogen) atoms. The molecule has 3 aromatic rings. The second kappa shape index (κ2) is 10.3. The maximum atomic E-state index is 6.06. The predicted molar refractivity (Wildman–Crippen MR) is 115 cm³/mol. The summed E-state index contributed by atoms with van der Waals surface area (Å²) in [6, 6.07) is 16.8. The second-order valence-electron chi connectivity index (χ2n) is 7.26. The number of unbranched alkanes of at least 4 members (excludes halogenated alkanes) is 5. The molecule has 0 fully saturated rings. The molecule has 3 heteroatoms. The molecule has 0 amide bonds. The number of aromatic amines is 1. The highest BCUT2D eigenvalue weighted by molar-refractivity contribution is 6.30. The molecule has 1 N–H and O–H groups in total. The van der Waals surface area contributed by atoms with Crippen molar-refractivity contribution in [2.45, 2.75) is 58.3 Å². The average Bonchev–Trinajstić information content (AvgIpc) is 3.13. The van der Waals surface area contributed by atoms with Crippen LogP contribution in [0, 0.1) is 0 Å². The molecule has 2 nitrogen and oxygen atoms in total. The zero-order chi connectivity index (χ0) is 18.9. The molecule has 0 saturated heterocycles. The Morgan fingerprint density at radius 3 is 2.44 bits per heavy atom. The van der Waals surface area contributed by atoms with Gasteiger partial charge in [0.1, 0.15) is 5.82 Å². The minimum Gasteiger partial charge on any atom is -0.342 e. The molecule has 3 rings (SSSR count). The summed E-state index contributed by atoms with van der Waals surface area (Å²) >= 11 is 6.06. The van der Waals surface area contributed by atoms with Crippen molar-refractivity contribution >= 4 is 11.6 Å². The van der Waals surface area contributed by atoms with Gasteiger partial charge in [-0.15, -0.1) is 0 Å². The van der Waals surface area contributed by atoms with Gasteiger partial charge in [-0.2, -0.15) is 0 Å². The molecule has 1 aromatic heterocycles. The molecular weight excluding hydrogens is 352 g/mol. The largest absolute Gasteiger partial charge is 0.342 e. The Labute approximate surface area is 168 Å². The van der Waals surface area contributed by atoms with Crippen LogP contribution in [0.3, 0.4) is 0 Å². The fraction of sp³-hybridized carbons (Fsp3) is 0.375. The van der Waals surface area contributed by atoms with Gasteiger partial charge in [-0.05, 0) is 41.7 Å². The lowest BCUT2D eigenvalue weighted by Crippen LogP contribution is -1.91. The topological polar surface area (TPSA) is 28.7 Å². The maximum absolute atomic E-state index is 6.06. The van der Waals surface area contributed by atoms with E-state index in [1.54, 1.807) is 0 Å². The molecule has 0 spiro atoms. The van der Waals surface area contributed by atoms with Crippen LogP contribution < -0.4 is 0 Å². The summed E-state index contributed by atoms with van der Waals surface area (Å²) < 4.78 is 0. The second-order valence-corrected chi connectivity index (χ2v) is 7.70. The lowest BCUT2D eigenvalue weighted by Gasteiger charge is -2.04. The van der Waals surface area contributed by atoms with E-state index in [1.807, 2.05) is 24.4 Å². The molecule has 1 heterocycles. The number of benzene rings is 2. The predicted octanol–water partition coefficient (Wildman–Crippen LogP) is 7.22. The molecule has 0 aliphatic carbocycles. The first kappa shape index (κ1) is 19.7. The zero-order valence-electron chi connectivity index (χ0n) is 16.2. The third kappa shape index (κ3) is 6.25. The third-order valence-electron chi connectivity index (χ3n) is 4.97. The Balaban J connectivity index is 1.52. The number of halogens is 1. The number of hydrogen-bond acceptors (Lipinski definition) is 1. The minimum atomic E-state index is 0.761. The first-order valence-electron chi connectivity index (χ1n) is 10.1. The van der Waals surface area contributed by atoms with Crippen LogP contribution in [0.25, 0.3) is 11.3 Å². The van der Waals surface area contributed by atoms with Crippen molar-refractivity contribution in [3.8, 4) is 11.3 Å². The quantitative estimate of drug-likeness (QED) is 0.369. The molecule has 0 aliphatic heterocycles. The fourth-order valence-corrected chi connectivity index (χ4v) is 3.61. The number of rotatable bonds is 10. The van der Waals surface area contributed by atoms with Crippen molar-refractivity contribution in [1.29, 1.82) is 0 Å². The van der Waals surface area contributed by atoms with Gasteiger partial charge >= 0.3 is 0 Å². The standard InChI is InChI=1S/C24H29ClN2/c1-2-3-4-5-6-7-9-19-12-14-21(15-13-19)23-18-26-24(27-23)17-20-10-8-11-22(25)16-20/h8,10-16,18H,2-7,9,17H2,1H3,(H,26,27). The van der Waals surface area contributed by atoms with Crippen molar-refractivity contribution in [3.05, 3.63) is 76.7 Å². The lowest BCUT2D eigenvalue weighted by molar-refractivity contribution is 0.607. The van der Waals surface area contributed by atoms with Gasteiger partial charge in [0.25, 0.3) is 0 Å². The summed E-state index contributed by atoms with van der Waals surface area (Å²) in [5.41, 5.74) is 4.84. The Hall–Kier alpha value is -2.06. The molecule has 0 unspecified atom stereocenters. The highest BCUT2D eigenvalue weighted by atomic mass is 35.5. The first-order valence-corrected chi connectivity index (χ1v) is 10.5. The number of aryl methyl sites for hydroxylation is 1. The van der Waals surface area contributed by atoms with E-state index >= 15 is 0 Å². The Morgan fingerprint density at radius 2 is 1.67 bits per heavy atom. The van der Waals surface area contributed by atoms with Crippen molar-refractivity contribution in [2.24, 2.45) is 0 Å². The summed E-state index contributed by atoms with van der Waals surface area (Å²) in [6.07, 6.45) is 11.9. The number of H-pyrrole nitrogens is 1. The molecule has 0 saturated carbocycles. The molecule has 0 aliphatic rings. The van der Waals surface area contributed by atoms with E-state index in [0.717, 1.165) is 28.5 Å². The van der Waals surface area contributed by atoms with Crippen LogP contribution in [0.5, 0.6) is 0 Å². The van der Waals surface area contributed by atoms with Gasteiger partial charge in [-0.25, -0.2) is 4.98 Å². The van der Waals surface area contributed by atoms with Gasteiger partial charge in [0.15, 0.2) is 0 Å².